The topological polar surface area (TPSA) is 132 Å². The summed E-state index contributed by atoms with van der Waals surface area (Å²) in [5.41, 5.74) is 0. The summed E-state index contributed by atoms with van der Waals surface area (Å²) in [5.74, 6) is 1.71. The predicted octanol–water partition coefficient (Wildman–Crippen LogP) is 2.06. The first-order valence-electron chi connectivity index (χ1n) is 9.91. The highest BCUT2D eigenvalue weighted by Crippen LogP contribution is 2.46. The molecule has 2 fully saturated rings. The number of sulfonamides is 1. The van der Waals surface area contributed by atoms with Crippen molar-refractivity contribution in [2.45, 2.75) is 55.9 Å². The molecule has 2 N–H and O–H groups in total. The van der Waals surface area contributed by atoms with Gasteiger partial charge in [-0.25, -0.2) is 18.4 Å². The van der Waals surface area contributed by atoms with E-state index in [0.29, 0.717) is 5.02 Å². The molecule has 0 aromatic carbocycles. The summed E-state index contributed by atoms with van der Waals surface area (Å²) in [6, 6.07) is 0.203. The Balaban J connectivity index is 1.55. The van der Waals surface area contributed by atoms with Gasteiger partial charge in [-0.15, -0.1) is 10.2 Å². The normalized spacial score (nSPS) is 23.6. The minimum Gasteiger partial charge on any atom is -0.396 e. The smallest absolute Gasteiger partial charge is 0.240 e. The summed E-state index contributed by atoms with van der Waals surface area (Å²) < 4.78 is 36.1. The van der Waals surface area contributed by atoms with Gasteiger partial charge in [-0.05, 0) is 38.5 Å². The van der Waals surface area contributed by atoms with Crippen molar-refractivity contribution < 1.29 is 18.3 Å². The second-order valence-electron chi connectivity index (χ2n) is 7.97. The van der Waals surface area contributed by atoms with Crippen molar-refractivity contribution in [3.8, 4) is 0 Å². The molecule has 0 aliphatic heterocycles. The third kappa shape index (κ3) is 4.16. The maximum absolute atomic E-state index is 13.1. The Bertz CT molecular complexity index is 989. The van der Waals surface area contributed by atoms with E-state index in [1.54, 1.807) is 0 Å². The van der Waals surface area contributed by atoms with Gasteiger partial charge in [0.05, 0.1) is 5.02 Å². The van der Waals surface area contributed by atoms with E-state index in [-0.39, 0.29) is 36.3 Å². The van der Waals surface area contributed by atoms with Crippen LogP contribution in [0.3, 0.4) is 0 Å². The SMILES string of the molecule is COC(c1ncc(Cl)cn1)C(C)S(=O)(=O)Nc1nnc(C2CC(CO)C2)n1C1CC1. The van der Waals surface area contributed by atoms with E-state index in [2.05, 4.69) is 24.9 Å². The Morgan fingerprint density at radius 2 is 1.97 bits per heavy atom. The van der Waals surface area contributed by atoms with Gasteiger partial charge in [-0.3, -0.25) is 9.29 Å². The number of hydrogen-bond donors (Lipinski definition) is 2. The van der Waals surface area contributed by atoms with Crippen LogP contribution in [0.5, 0.6) is 0 Å². The van der Waals surface area contributed by atoms with Crippen LogP contribution in [0.15, 0.2) is 12.4 Å². The van der Waals surface area contributed by atoms with Crippen LogP contribution in [0.1, 0.15) is 62.3 Å². The second-order valence-corrected chi connectivity index (χ2v) is 10.4. The van der Waals surface area contributed by atoms with Crippen LogP contribution < -0.4 is 4.72 Å². The molecule has 164 valence electrons. The monoisotopic (exact) mass is 456 g/mol. The minimum absolute atomic E-state index is 0.163. The number of nitrogens with zero attached hydrogens (tertiary/aromatic N) is 5. The van der Waals surface area contributed by atoms with Crippen LogP contribution in [0.25, 0.3) is 0 Å². The van der Waals surface area contributed by atoms with Crippen LogP contribution in [0.2, 0.25) is 5.02 Å². The van der Waals surface area contributed by atoms with Gasteiger partial charge in [0.25, 0.3) is 0 Å². The largest absolute Gasteiger partial charge is 0.396 e. The number of anilines is 1. The van der Waals surface area contributed by atoms with E-state index in [0.717, 1.165) is 31.5 Å². The molecule has 2 aliphatic carbocycles. The van der Waals surface area contributed by atoms with Gasteiger partial charge in [-0.2, -0.15) is 0 Å². The van der Waals surface area contributed by atoms with E-state index >= 15 is 0 Å². The summed E-state index contributed by atoms with van der Waals surface area (Å²) in [5, 5.41) is 17.1. The maximum atomic E-state index is 13.1. The molecule has 2 aromatic heterocycles. The lowest BCUT2D eigenvalue weighted by Gasteiger charge is -2.33. The van der Waals surface area contributed by atoms with Gasteiger partial charge in [0.1, 0.15) is 17.2 Å². The number of methoxy groups -OCH3 is 1. The fourth-order valence-electron chi connectivity index (χ4n) is 3.80. The van der Waals surface area contributed by atoms with E-state index in [1.807, 2.05) is 4.57 Å². The van der Waals surface area contributed by atoms with Crippen molar-refractivity contribution in [3.63, 3.8) is 0 Å². The van der Waals surface area contributed by atoms with Gasteiger partial charge in [0.15, 0.2) is 5.82 Å². The Labute approximate surface area is 180 Å². The summed E-state index contributed by atoms with van der Waals surface area (Å²) in [4.78, 5) is 8.19. The molecule has 12 heteroatoms. The Kier molecular flexibility index (Phi) is 5.97. The molecule has 0 bridgehead atoms. The third-order valence-electron chi connectivity index (χ3n) is 5.79. The van der Waals surface area contributed by atoms with E-state index in [4.69, 9.17) is 16.3 Å². The van der Waals surface area contributed by atoms with E-state index in [9.17, 15) is 13.5 Å². The molecular weight excluding hydrogens is 432 g/mol. The Morgan fingerprint density at radius 1 is 1.30 bits per heavy atom. The number of hydrogen-bond acceptors (Lipinski definition) is 8. The molecule has 2 aliphatic rings. The van der Waals surface area contributed by atoms with Crippen molar-refractivity contribution in [3.05, 3.63) is 29.1 Å². The zero-order chi connectivity index (χ0) is 21.5. The lowest BCUT2D eigenvalue weighted by molar-refractivity contribution is 0.0950. The molecule has 2 saturated carbocycles. The fourth-order valence-corrected chi connectivity index (χ4v) is 5.03. The Hall–Kier alpha value is -1.82. The van der Waals surface area contributed by atoms with Gasteiger partial charge in [0.2, 0.25) is 16.0 Å². The number of aliphatic hydroxyl groups excluding tert-OH is 1. The van der Waals surface area contributed by atoms with Crippen molar-refractivity contribution in [1.82, 2.24) is 24.7 Å². The molecule has 0 amide bonds. The van der Waals surface area contributed by atoms with Crippen molar-refractivity contribution in [1.29, 1.82) is 0 Å². The first-order valence-corrected chi connectivity index (χ1v) is 11.8. The van der Waals surface area contributed by atoms with Gasteiger partial charge in [0, 0.05) is 38.1 Å². The predicted molar refractivity (Wildman–Crippen MR) is 110 cm³/mol. The molecule has 10 nitrogen and oxygen atoms in total. The standard InChI is InChI=1S/C18H25ClN6O4S/c1-10(15(29-2)16-20-7-13(19)8-21-16)30(27,28)24-18-23-22-17(25(18)14-3-4-14)12-5-11(6-12)9-26/h7-8,10-12,14-15,26H,3-6,9H2,1-2H3,(H,23,24). The quantitative estimate of drug-likeness (QED) is 0.585. The molecule has 2 unspecified atom stereocenters. The van der Waals surface area contributed by atoms with Crippen molar-refractivity contribution in [2.24, 2.45) is 5.92 Å². The van der Waals surface area contributed by atoms with E-state index < -0.39 is 21.4 Å². The first-order chi connectivity index (χ1) is 14.3. The highest BCUT2D eigenvalue weighted by molar-refractivity contribution is 7.93. The fraction of sp³-hybridized carbons (Fsp3) is 0.667. The molecular formula is C18H25ClN6O4S. The summed E-state index contributed by atoms with van der Waals surface area (Å²) >= 11 is 5.82. The van der Waals surface area contributed by atoms with Gasteiger partial charge in [-0.1, -0.05) is 11.6 Å². The molecule has 0 radical (unpaired) electrons. The number of nitrogens with one attached hydrogen (secondary N) is 1. The lowest BCUT2D eigenvalue weighted by Crippen LogP contribution is -2.33. The lowest BCUT2D eigenvalue weighted by atomic mass is 9.75. The number of rotatable bonds is 9. The minimum atomic E-state index is -3.88. The van der Waals surface area contributed by atoms with Crippen LogP contribution in [0, 0.1) is 5.92 Å². The molecule has 0 saturated heterocycles. The average molecular weight is 457 g/mol. The highest BCUT2D eigenvalue weighted by Gasteiger charge is 2.40. The van der Waals surface area contributed by atoms with Gasteiger partial charge < -0.3 is 9.84 Å². The van der Waals surface area contributed by atoms with Gasteiger partial charge >= 0.3 is 0 Å². The summed E-state index contributed by atoms with van der Waals surface area (Å²) in [6.45, 7) is 1.70. The van der Waals surface area contributed by atoms with Crippen LogP contribution in [0.4, 0.5) is 5.95 Å². The van der Waals surface area contributed by atoms with Crippen molar-refractivity contribution >= 4 is 27.6 Å². The molecule has 2 aromatic rings. The first kappa shape index (κ1) is 21.4. The van der Waals surface area contributed by atoms with Crippen molar-refractivity contribution in [2.75, 3.05) is 18.4 Å². The third-order valence-corrected chi connectivity index (χ3v) is 7.68. The molecule has 2 heterocycles. The second kappa shape index (κ2) is 8.37. The molecule has 30 heavy (non-hydrogen) atoms. The summed E-state index contributed by atoms with van der Waals surface area (Å²) in [7, 11) is -2.47. The van der Waals surface area contributed by atoms with E-state index in [1.165, 1.54) is 26.4 Å². The number of ether oxygens (including phenoxy) is 1. The Morgan fingerprint density at radius 3 is 2.53 bits per heavy atom. The van der Waals surface area contributed by atoms with Crippen LogP contribution >= 0.6 is 11.6 Å². The number of halogens is 1. The van der Waals surface area contributed by atoms with Crippen LogP contribution in [-0.4, -0.2) is 57.2 Å². The molecule has 2 atom stereocenters. The number of aromatic nitrogens is 5. The average Bonchev–Trinajstić information content (AvgIpc) is 3.44. The zero-order valence-corrected chi connectivity index (χ0v) is 18.3. The highest BCUT2D eigenvalue weighted by atomic mass is 35.5. The number of aliphatic hydroxyl groups is 1. The summed E-state index contributed by atoms with van der Waals surface area (Å²) in [6.07, 6.45) is 5.52. The zero-order valence-electron chi connectivity index (χ0n) is 16.8. The van der Waals surface area contributed by atoms with Crippen LogP contribution in [-0.2, 0) is 14.8 Å². The molecule has 4 rings (SSSR count). The maximum Gasteiger partial charge on any atom is 0.240 e. The molecule has 0 spiro atoms.